The van der Waals surface area contributed by atoms with E-state index in [2.05, 4.69) is 14.9 Å². The Bertz CT molecular complexity index is 514. The van der Waals surface area contributed by atoms with Crippen LogP contribution in [0.25, 0.3) is 0 Å². The summed E-state index contributed by atoms with van der Waals surface area (Å²) in [5.41, 5.74) is 2.98. The minimum atomic E-state index is 0.0411. The van der Waals surface area contributed by atoms with Gasteiger partial charge in [0.15, 0.2) is 0 Å². The first-order valence-electron chi connectivity index (χ1n) is 5.87. The molecule has 4 heteroatoms. The summed E-state index contributed by atoms with van der Waals surface area (Å²) in [4.78, 5) is 10.5. The molecule has 4 nitrogen and oxygen atoms in total. The molecule has 0 saturated carbocycles. The van der Waals surface area contributed by atoms with E-state index in [0.29, 0.717) is 0 Å². The highest BCUT2D eigenvalue weighted by Crippen LogP contribution is 2.16. The number of aliphatic hydroxyl groups excluding tert-OH is 1. The second-order valence-corrected chi connectivity index (χ2v) is 4.34. The summed E-state index contributed by atoms with van der Waals surface area (Å²) in [5.74, 6) is 0.871. The van der Waals surface area contributed by atoms with Crippen molar-refractivity contribution in [2.75, 3.05) is 11.9 Å². The van der Waals surface area contributed by atoms with Crippen LogP contribution in [0.4, 0.5) is 5.82 Å². The maximum Gasteiger partial charge on any atom is 0.129 e. The van der Waals surface area contributed by atoms with Gasteiger partial charge in [0.25, 0.3) is 0 Å². The van der Waals surface area contributed by atoms with Crippen LogP contribution in [-0.2, 0) is 13.2 Å². The van der Waals surface area contributed by atoms with E-state index < -0.39 is 0 Å². The van der Waals surface area contributed by atoms with Crippen LogP contribution in [0.1, 0.15) is 16.8 Å². The van der Waals surface area contributed by atoms with E-state index in [0.717, 1.165) is 23.6 Å². The van der Waals surface area contributed by atoms with Gasteiger partial charge in [-0.1, -0.05) is 0 Å². The highest BCUT2D eigenvalue weighted by Gasteiger charge is 2.06. The van der Waals surface area contributed by atoms with Crippen LogP contribution in [0.2, 0.25) is 0 Å². The van der Waals surface area contributed by atoms with Crippen molar-refractivity contribution in [1.82, 2.24) is 9.97 Å². The molecule has 2 aromatic heterocycles. The molecular weight excluding hydrogens is 226 g/mol. The lowest BCUT2D eigenvalue weighted by atomic mass is 10.2. The molecule has 0 fully saturated rings. The van der Waals surface area contributed by atoms with Crippen molar-refractivity contribution in [3.8, 4) is 0 Å². The second-order valence-electron chi connectivity index (χ2n) is 4.34. The summed E-state index contributed by atoms with van der Waals surface area (Å²) >= 11 is 0. The number of aromatic nitrogens is 2. The number of nitrogens with zero attached hydrogens (tertiary/aromatic N) is 3. The molecule has 0 bridgehead atoms. The van der Waals surface area contributed by atoms with Gasteiger partial charge < -0.3 is 10.0 Å². The summed E-state index contributed by atoms with van der Waals surface area (Å²) < 4.78 is 0. The van der Waals surface area contributed by atoms with Crippen molar-refractivity contribution in [2.45, 2.75) is 20.1 Å². The monoisotopic (exact) mass is 243 g/mol. The number of anilines is 1. The number of hydrogen-bond donors (Lipinski definition) is 1. The van der Waals surface area contributed by atoms with E-state index in [1.807, 2.05) is 38.2 Å². The molecule has 94 valence electrons. The third-order valence-electron chi connectivity index (χ3n) is 2.74. The fourth-order valence-electron chi connectivity index (χ4n) is 1.85. The zero-order valence-electron chi connectivity index (χ0n) is 10.7. The number of aryl methyl sites for hydroxylation is 1. The van der Waals surface area contributed by atoms with Gasteiger partial charge in [-0.05, 0) is 42.3 Å². The van der Waals surface area contributed by atoms with Crippen molar-refractivity contribution in [3.05, 3.63) is 53.5 Å². The van der Waals surface area contributed by atoms with Gasteiger partial charge in [-0.2, -0.15) is 0 Å². The van der Waals surface area contributed by atoms with Crippen LogP contribution in [0, 0.1) is 6.92 Å². The zero-order valence-corrected chi connectivity index (χ0v) is 10.7. The average molecular weight is 243 g/mol. The van der Waals surface area contributed by atoms with Gasteiger partial charge in [0.05, 0.1) is 6.61 Å². The molecule has 2 rings (SSSR count). The smallest absolute Gasteiger partial charge is 0.129 e. The van der Waals surface area contributed by atoms with Crippen molar-refractivity contribution in [1.29, 1.82) is 0 Å². The highest BCUT2D eigenvalue weighted by atomic mass is 16.3. The minimum Gasteiger partial charge on any atom is -0.392 e. The zero-order chi connectivity index (χ0) is 13.0. The molecule has 0 unspecified atom stereocenters. The molecule has 1 N–H and O–H groups in total. The van der Waals surface area contributed by atoms with Crippen LogP contribution in [0.5, 0.6) is 0 Å². The third-order valence-corrected chi connectivity index (χ3v) is 2.74. The Hall–Kier alpha value is -1.94. The fourth-order valence-corrected chi connectivity index (χ4v) is 1.85. The van der Waals surface area contributed by atoms with Crippen LogP contribution in [0.3, 0.4) is 0 Å². The van der Waals surface area contributed by atoms with Gasteiger partial charge in [0.2, 0.25) is 0 Å². The number of rotatable bonds is 4. The lowest BCUT2D eigenvalue weighted by Gasteiger charge is -2.19. The van der Waals surface area contributed by atoms with Gasteiger partial charge in [0, 0.05) is 31.7 Å². The Balaban J connectivity index is 2.18. The first-order chi connectivity index (χ1) is 8.69. The molecule has 0 aliphatic carbocycles. The predicted octanol–water partition coefficient (Wildman–Crippen LogP) is 1.91. The lowest BCUT2D eigenvalue weighted by Crippen LogP contribution is -2.18. The summed E-state index contributed by atoms with van der Waals surface area (Å²) in [6.45, 7) is 2.74. The molecular formula is C14H17N3O. The van der Waals surface area contributed by atoms with E-state index in [1.165, 1.54) is 5.56 Å². The maximum absolute atomic E-state index is 9.20. The second kappa shape index (κ2) is 5.60. The lowest BCUT2D eigenvalue weighted by molar-refractivity contribution is 0.281. The highest BCUT2D eigenvalue weighted by molar-refractivity contribution is 5.42. The molecule has 0 atom stereocenters. The summed E-state index contributed by atoms with van der Waals surface area (Å²) in [6, 6.07) is 7.77. The van der Waals surface area contributed by atoms with Crippen LogP contribution in [0.15, 0.2) is 36.7 Å². The number of hydrogen-bond acceptors (Lipinski definition) is 4. The molecule has 2 heterocycles. The van der Waals surface area contributed by atoms with E-state index >= 15 is 0 Å². The van der Waals surface area contributed by atoms with Crippen LogP contribution < -0.4 is 4.90 Å². The Morgan fingerprint density at radius 1 is 1.17 bits per heavy atom. The molecule has 0 amide bonds. The molecule has 0 aromatic carbocycles. The molecule has 2 aromatic rings. The topological polar surface area (TPSA) is 49.2 Å². The maximum atomic E-state index is 9.20. The predicted molar refractivity (Wildman–Crippen MR) is 71.2 cm³/mol. The van der Waals surface area contributed by atoms with E-state index in [4.69, 9.17) is 0 Å². The average Bonchev–Trinajstić information content (AvgIpc) is 2.39. The molecule has 18 heavy (non-hydrogen) atoms. The molecule has 0 aliphatic heterocycles. The standard InChI is InChI=1S/C14H17N3O/c1-11-7-13(10-18)8-14(16-11)17(2)9-12-3-5-15-6-4-12/h3-8,18H,9-10H2,1-2H3. The van der Waals surface area contributed by atoms with E-state index in [9.17, 15) is 5.11 Å². The summed E-state index contributed by atoms with van der Waals surface area (Å²) in [7, 11) is 1.99. The molecule has 0 aliphatic rings. The van der Waals surface area contributed by atoms with Gasteiger partial charge in [-0.3, -0.25) is 4.98 Å². The first-order valence-corrected chi connectivity index (χ1v) is 5.87. The quantitative estimate of drug-likeness (QED) is 0.891. The fraction of sp³-hybridized carbons (Fsp3) is 0.286. The van der Waals surface area contributed by atoms with E-state index in [1.54, 1.807) is 12.4 Å². The SMILES string of the molecule is Cc1cc(CO)cc(N(C)Cc2ccncc2)n1. The number of aliphatic hydroxyl groups is 1. The van der Waals surface area contributed by atoms with Crippen LogP contribution in [-0.4, -0.2) is 22.1 Å². The van der Waals surface area contributed by atoms with E-state index in [-0.39, 0.29) is 6.61 Å². The summed E-state index contributed by atoms with van der Waals surface area (Å²) in [6.07, 6.45) is 3.57. The Morgan fingerprint density at radius 2 is 1.89 bits per heavy atom. The molecule has 0 radical (unpaired) electrons. The van der Waals surface area contributed by atoms with Gasteiger partial charge in [-0.15, -0.1) is 0 Å². The first kappa shape index (κ1) is 12.5. The molecule has 0 saturated heterocycles. The van der Waals surface area contributed by atoms with Gasteiger partial charge >= 0.3 is 0 Å². The van der Waals surface area contributed by atoms with Crippen molar-refractivity contribution < 1.29 is 5.11 Å². The Labute approximate surface area is 107 Å². The Morgan fingerprint density at radius 3 is 2.56 bits per heavy atom. The van der Waals surface area contributed by atoms with Gasteiger partial charge in [0.1, 0.15) is 5.82 Å². The minimum absolute atomic E-state index is 0.0411. The van der Waals surface area contributed by atoms with Gasteiger partial charge in [-0.25, -0.2) is 4.98 Å². The van der Waals surface area contributed by atoms with Crippen molar-refractivity contribution >= 4 is 5.82 Å². The third kappa shape index (κ3) is 3.05. The Kier molecular flexibility index (Phi) is 3.89. The number of pyridine rings is 2. The molecule has 0 spiro atoms. The van der Waals surface area contributed by atoms with Crippen molar-refractivity contribution in [3.63, 3.8) is 0 Å². The normalized spacial score (nSPS) is 10.4. The van der Waals surface area contributed by atoms with Crippen molar-refractivity contribution in [2.24, 2.45) is 0 Å². The summed E-state index contributed by atoms with van der Waals surface area (Å²) in [5, 5.41) is 9.20. The largest absolute Gasteiger partial charge is 0.392 e. The van der Waals surface area contributed by atoms with Crippen LogP contribution >= 0.6 is 0 Å².